The molecule has 2 aromatic carbocycles. The first-order valence-electron chi connectivity index (χ1n) is 6.90. The molecule has 116 valence electrons. The van der Waals surface area contributed by atoms with Crippen LogP contribution in [0.3, 0.4) is 0 Å². The lowest BCUT2D eigenvalue weighted by Gasteiger charge is -2.02. The number of carbonyl (C=O) groups is 1. The minimum absolute atomic E-state index is 0.0458. The number of hydrogen-bond acceptors (Lipinski definition) is 5. The predicted molar refractivity (Wildman–Crippen MR) is 84.1 cm³/mol. The summed E-state index contributed by atoms with van der Waals surface area (Å²) in [5.41, 5.74) is 0.674. The second kappa shape index (κ2) is 6.18. The summed E-state index contributed by atoms with van der Waals surface area (Å²) >= 11 is 0. The Bertz CT molecular complexity index is 869. The molecule has 0 radical (unpaired) electrons. The fourth-order valence-electron chi connectivity index (χ4n) is 2.06. The van der Waals surface area contributed by atoms with Gasteiger partial charge in [0.2, 0.25) is 0 Å². The molecule has 0 aliphatic rings. The van der Waals surface area contributed by atoms with E-state index in [1.165, 1.54) is 0 Å². The Morgan fingerprint density at radius 2 is 1.65 bits per heavy atom. The number of hydrogen-bond donors (Lipinski definition) is 1. The average molecular weight is 310 g/mol. The molecule has 3 aromatic rings. The summed E-state index contributed by atoms with van der Waals surface area (Å²) in [5, 5.41) is 3.96. The highest BCUT2D eigenvalue weighted by Crippen LogP contribution is 2.13. The molecule has 3 rings (SSSR count). The third-order valence-corrected chi connectivity index (χ3v) is 3.22. The molecular weight excluding hydrogens is 296 g/mol. The number of carbonyl (C=O) groups excluding carboxylic acids is 1. The van der Waals surface area contributed by atoms with Gasteiger partial charge in [0.25, 0.3) is 0 Å². The number of nitrogens with two attached hydrogens (primary N) is 1. The minimum Gasteiger partial charge on any atom is -0.443 e. The van der Waals surface area contributed by atoms with Crippen molar-refractivity contribution < 1.29 is 9.53 Å². The van der Waals surface area contributed by atoms with E-state index in [1.54, 1.807) is 24.3 Å². The van der Waals surface area contributed by atoms with Gasteiger partial charge < -0.3 is 10.6 Å². The monoisotopic (exact) mass is 310 g/mol. The van der Waals surface area contributed by atoms with Crippen molar-refractivity contribution >= 4 is 6.09 Å². The Morgan fingerprint density at radius 3 is 2.30 bits per heavy atom. The van der Waals surface area contributed by atoms with Crippen molar-refractivity contribution in [1.82, 2.24) is 14.5 Å². The maximum atomic E-state index is 12.1. The van der Waals surface area contributed by atoms with Gasteiger partial charge >= 0.3 is 11.8 Å². The minimum atomic E-state index is -0.875. The molecule has 1 aromatic heterocycles. The van der Waals surface area contributed by atoms with Crippen molar-refractivity contribution in [3.63, 3.8) is 0 Å². The van der Waals surface area contributed by atoms with Crippen molar-refractivity contribution in [3.8, 4) is 11.4 Å². The third-order valence-electron chi connectivity index (χ3n) is 3.22. The molecule has 0 amide bonds. The molecule has 0 aliphatic carbocycles. The number of benzene rings is 2. The summed E-state index contributed by atoms with van der Waals surface area (Å²) in [7, 11) is 0. The zero-order valence-corrected chi connectivity index (χ0v) is 12.1. The molecule has 0 aliphatic heterocycles. The molecule has 7 heteroatoms. The summed E-state index contributed by atoms with van der Waals surface area (Å²) in [5.74, 6) is 5.88. The Kier molecular flexibility index (Phi) is 3.92. The van der Waals surface area contributed by atoms with Crippen molar-refractivity contribution in [2.75, 3.05) is 5.84 Å². The zero-order valence-electron chi connectivity index (χ0n) is 12.1. The highest BCUT2D eigenvalue weighted by molar-refractivity contribution is 5.70. The second-order valence-corrected chi connectivity index (χ2v) is 4.79. The molecule has 0 bridgehead atoms. The first-order valence-corrected chi connectivity index (χ1v) is 6.90. The van der Waals surface area contributed by atoms with E-state index in [0.717, 1.165) is 10.2 Å². The normalized spacial score (nSPS) is 10.4. The number of nitrogen functional groups attached to an aromatic ring is 1. The van der Waals surface area contributed by atoms with Crippen LogP contribution in [0.5, 0.6) is 0 Å². The number of aromatic nitrogens is 3. The van der Waals surface area contributed by atoms with Crippen LogP contribution in [0.1, 0.15) is 5.56 Å². The average Bonchev–Trinajstić information content (AvgIpc) is 2.90. The standard InChI is InChI=1S/C16H14N4O3/c17-19-14(13-9-5-2-6-10-13)18-20(15(19)21)16(22)23-11-12-7-3-1-4-8-12/h1-10H,11,17H2. The van der Waals surface area contributed by atoms with E-state index < -0.39 is 11.8 Å². The van der Waals surface area contributed by atoms with E-state index in [4.69, 9.17) is 10.6 Å². The van der Waals surface area contributed by atoms with Crippen LogP contribution in [-0.2, 0) is 11.3 Å². The van der Waals surface area contributed by atoms with E-state index in [1.807, 2.05) is 36.4 Å². The number of rotatable bonds is 3. The molecular formula is C16H14N4O3. The van der Waals surface area contributed by atoms with E-state index >= 15 is 0 Å². The lowest BCUT2D eigenvalue weighted by atomic mass is 10.2. The number of ether oxygens (including phenoxy) is 1. The van der Waals surface area contributed by atoms with E-state index in [-0.39, 0.29) is 12.4 Å². The van der Waals surface area contributed by atoms with Gasteiger partial charge in [-0.1, -0.05) is 60.7 Å². The van der Waals surface area contributed by atoms with Crippen LogP contribution in [0.25, 0.3) is 11.4 Å². The largest absolute Gasteiger partial charge is 0.443 e. The summed E-state index contributed by atoms with van der Waals surface area (Å²) in [6.45, 7) is 0.0458. The van der Waals surface area contributed by atoms with Crippen molar-refractivity contribution in [1.29, 1.82) is 0 Å². The van der Waals surface area contributed by atoms with Crippen LogP contribution in [0.4, 0.5) is 4.79 Å². The highest BCUT2D eigenvalue weighted by atomic mass is 16.6. The molecule has 0 saturated heterocycles. The fraction of sp³-hybridized carbons (Fsp3) is 0.0625. The molecule has 7 nitrogen and oxygen atoms in total. The Morgan fingerprint density at radius 1 is 1.04 bits per heavy atom. The summed E-state index contributed by atoms with van der Waals surface area (Å²) < 4.78 is 6.53. The van der Waals surface area contributed by atoms with Crippen LogP contribution in [-0.4, -0.2) is 20.5 Å². The smallest absolute Gasteiger partial charge is 0.439 e. The Balaban J connectivity index is 1.83. The first-order chi connectivity index (χ1) is 11.2. The maximum absolute atomic E-state index is 12.1. The third kappa shape index (κ3) is 2.98. The summed E-state index contributed by atoms with van der Waals surface area (Å²) in [6.07, 6.45) is -0.875. The topological polar surface area (TPSA) is 92.1 Å². The summed E-state index contributed by atoms with van der Waals surface area (Å²) in [6, 6.07) is 18.0. The van der Waals surface area contributed by atoms with Crippen molar-refractivity contribution in [2.24, 2.45) is 0 Å². The van der Waals surface area contributed by atoms with Gasteiger partial charge in [0.1, 0.15) is 6.61 Å². The van der Waals surface area contributed by atoms with Gasteiger partial charge in [-0.15, -0.1) is 9.78 Å². The van der Waals surface area contributed by atoms with E-state index in [0.29, 0.717) is 10.2 Å². The van der Waals surface area contributed by atoms with E-state index in [9.17, 15) is 9.59 Å². The van der Waals surface area contributed by atoms with Crippen LogP contribution in [0, 0.1) is 0 Å². The quantitative estimate of drug-likeness (QED) is 0.742. The van der Waals surface area contributed by atoms with Crippen LogP contribution < -0.4 is 11.5 Å². The molecule has 23 heavy (non-hydrogen) atoms. The van der Waals surface area contributed by atoms with Gasteiger partial charge in [-0.3, -0.25) is 0 Å². The van der Waals surface area contributed by atoms with Gasteiger partial charge in [0, 0.05) is 5.56 Å². The second-order valence-electron chi connectivity index (χ2n) is 4.79. The Hall–Kier alpha value is -3.35. The highest BCUT2D eigenvalue weighted by Gasteiger charge is 2.19. The van der Waals surface area contributed by atoms with Crippen LogP contribution in [0.15, 0.2) is 65.5 Å². The molecule has 0 fully saturated rings. The van der Waals surface area contributed by atoms with Gasteiger partial charge in [-0.05, 0) is 5.56 Å². The van der Waals surface area contributed by atoms with Gasteiger partial charge in [0.05, 0.1) is 0 Å². The number of nitrogens with zero attached hydrogens (tertiary/aromatic N) is 3. The SMILES string of the molecule is Nn1c(-c2ccccc2)nn(C(=O)OCc2ccccc2)c1=O. The fourth-order valence-corrected chi connectivity index (χ4v) is 2.06. The lowest BCUT2D eigenvalue weighted by molar-refractivity contribution is 0.136. The molecule has 2 N–H and O–H groups in total. The summed E-state index contributed by atoms with van der Waals surface area (Å²) in [4.78, 5) is 24.1. The molecule has 0 atom stereocenters. The lowest BCUT2D eigenvalue weighted by Crippen LogP contribution is -2.34. The molecule has 0 unspecified atom stereocenters. The maximum Gasteiger partial charge on any atom is 0.439 e. The molecule has 0 saturated carbocycles. The van der Waals surface area contributed by atoms with Gasteiger partial charge in [-0.25, -0.2) is 9.59 Å². The van der Waals surface area contributed by atoms with Gasteiger partial charge in [-0.2, -0.15) is 4.68 Å². The van der Waals surface area contributed by atoms with Crippen LogP contribution in [0.2, 0.25) is 0 Å². The van der Waals surface area contributed by atoms with Crippen molar-refractivity contribution in [3.05, 3.63) is 76.7 Å². The molecule has 1 heterocycles. The predicted octanol–water partition coefficient (Wildman–Crippen LogP) is 1.61. The van der Waals surface area contributed by atoms with Crippen molar-refractivity contribution in [2.45, 2.75) is 6.61 Å². The van der Waals surface area contributed by atoms with Crippen LogP contribution >= 0.6 is 0 Å². The first kappa shape index (κ1) is 14.6. The zero-order chi connectivity index (χ0) is 16.2. The van der Waals surface area contributed by atoms with Gasteiger partial charge in [0.15, 0.2) is 5.82 Å². The van der Waals surface area contributed by atoms with E-state index in [2.05, 4.69) is 5.10 Å². The molecule has 0 spiro atoms. The Labute approximate surface area is 131 Å².